The molecule has 2 rings (SSSR count). The topological polar surface area (TPSA) is 15.8 Å². The van der Waals surface area contributed by atoms with Gasteiger partial charge in [-0.1, -0.05) is 0 Å². The van der Waals surface area contributed by atoms with Gasteiger partial charge in [-0.05, 0) is 39.7 Å². The van der Waals surface area contributed by atoms with Gasteiger partial charge in [0.1, 0.15) is 0 Å². The van der Waals surface area contributed by atoms with Crippen LogP contribution in [-0.4, -0.2) is 10.7 Å². The number of thioether (sulfide) groups is 1. The largest absolute Gasteiger partial charge is 0.352 e. The van der Waals surface area contributed by atoms with Gasteiger partial charge in [-0.3, -0.25) is 0 Å². The highest BCUT2D eigenvalue weighted by Gasteiger charge is 2.10. The van der Waals surface area contributed by atoms with Gasteiger partial charge in [0.2, 0.25) is 0 Å². The number of aromatic nitrogens is 1. The molecule has 0 radical (unpaired) electrons. The number of halogens is 1. The first-order chi connectivity index (χ1) is 4.86. The molecule has 0 unspecified atom stereocenters. The molecule has 0 amide bonds. The smallest absolute Gasteiger partial charge is 0.0825 e. The molecule has 0 saturated heterocycles. The molecule has 1 aliphatic rings. The molecule has 0 fully saturated rings. The van der Waals surface area contributed by atoms with E-state index in [0.717, 1.165) is 10.4 Å². The van der Waals surface area contributed by atoms with E-state index in [1.165, 1.54) is 23.4 Å². The molecule has 0 aromatic carbocycles. The number of aromatic amines is 1. The number of H-pyrrole nitrogens is 1. The van der Waals surface area contributed by atoms with E-state index in [0.29, 0.717) is 0 Å². The van der Waals surface area contributed by atoms with Crippen LogP contribution in [-0.2, 0) is 12.2 Å². The number of fused-ring (bicyclic) bond motifs is 1. The summed E-state index contributed by atoms with van der Waals surface area (Å²) in [4.78, 5) is 3.29. The number of aryl methyl sites for hydroxylation is 1. The quantitative estimate of drug-likeness (QED) is 0.707. The van der Waals surface area contributed by atoms with Crippen LogP contribution in [0.5, 0.6) is 0 Å². The first kappa shape index (κ1) is 6.80. The van der Waals surface area contributed by atoms with Crippen molar-refractivity contribution in [3.63, 3.8) is 0 Å². The van der Waals surface area contributed by atoms with Crippen molar-refractivity contribution in [3.8, 4) is 0 Å². The van der Waals surface area contributed by atoms with Gasteiger partial charge in [-0.25, -0.2) is 0 Å². The lowest BCUT2D eigenvalue weighted by Gasteiger charge is -2.08. The maximum Gasteiger partial charge on any atom is 0.0825 e. The first-order valence-corrected chi connectivity index (χ1v) is 5.25. The van der Waals surface area contributed by atoms with E-state index in [1.54, 1.807) is 0 Å². The van der Waals surface area contributed by atoms with E-state index in [-0.39, 0.29) is 0 Å². The van der Waals surface area contributed by atoms with Crippen molar-refractivity contribution in [2.24, 2.45) is 0 Å². The summed E-state index contributed by atoms with van der Waals surface area (Å²) in [5.74, 6) is 2.43. The molecule has 1 aromatic heterocycles. The summed E-state index contributed by atoms with van der Waals surface area (Å²) in [5, 5.41) is 0. The summed E-state index contributed by atoms with van der Waals surface area (Å²) < 4.78 is 1.12. The zero-order valence-corrected chi connectivity index (χ0v) is 7.89. The third-order valence-corrected chi connectivity index (χ3v) is 3.13. The van der Waals surface area contributed by atoms with Crippen molar-refractivity contribution in [2.75, 3.05) is 5.75 Å². The van der Waals surface area contributed by atoms with E-state index in [4.69, 9.17) is 0 Å². The molecule has 3 heteroatoms. The van der Waals surface area contributed by atoms with Crippen molar-refractivity contribution < 1.29 is 0 Å². The van der Waals surface area contributed by atoms with Crippen LogP contribution in [0.15, 0.2) is 10.7 Å². The molecular formula is C7H8BrNS. The van der Waals surface area contributed by atoms with E-state index in [9.17, 15) is 0 Å². The SMILES string of the molecule is Brc1cc2c([nH]1)CSCC2. The molecule has 0 saturated carbocycles. The highest BCUT2D eigenvalue weighted by molar-refractivity contribution is 9.10. The van der Waals surface area contributed by atoms with Gasteiger partial charge in [0.25, 0.3) is 0 Å². The summed E-state index contributed by atoms with van der Waals surface area (Å²) in [5.41, 5.74) is 2.90. The van der Waals surface area contributed by atoms with Gasteiger partial charge in [-0.15, -0.1) is 0 Å². The Hall–Kier alpha value is 0.110. The van der Waals surface area contributed by atoms with Crippen LogP contribution in [0.3, 0.4) is 0 Å². The molecule has 0 aliphatic carbocycles. The van der Waals surface area contributed by atoms with E-state index < -0.39 is 0 Å². The molecule has 0 atom stereocenters. The van der Waals surface area contributed by atoms with Crippen LogP contribution < -0.4 is 0 Å². The Balaban J connectivity index is 2.41. The minimum Gasteiger partial charge on any atom is -0.352 e. The van der Waals surface area contributed by atoms with E-state index >= 15 is 0 Å². The molecule has 1 aromatic rings. The van der Waals surface area contributed by atoms with E-state index in [1.807, 2.05) is 11.8 Å². The Labute approximate surface area is 72.7 Å². The van der Waals surface area contributed by atoms with Gasteiger partial charge in [-0.2, -0.15) is 11.8 Å². The summed E-state index contributed by atoms with van der Waals surface area (Å²) in [7, 11) is 0. The molecule has 0 spiro atoms. The molecule has 2 heterocycles. The zero-order valence-electron chi connectivity index (χ0n) is 5.48. The number of nitrogens with one attached hydrogen (secondary N) is 1. The summed E-state index contributed by atoms with van der Waals surface area (Å²) in [6, 6.07) is 2.19. The van der Waals surface area contributed by atoms with Crippen molar-refractivity contribution in [1.29, 1.82) is 0 Å². The van der Waals surface area contributed by atoms with Crippen LogP contribution >= 0.6 is 27.7 Å². The molecule has 1 N–H and O–H groups in total. The standard InChI is InChI=1S/C7H8BrNS/c8-7-3-5-1-2-10-4-6(5)9-7/h3,9H,1-2,4H2. The van der Waals surface area contributed by atoms with Gasteiger partial charge >= 0.3 is 0 Å². The van der Waals surface area contributed by atoms with Crippen LogP contribution in [0, 0.1) is 0 Å². The van der Waals surface area contributed by atoms with Crippen molar-refractivity contribution in [2.45, 2.75) is 12.2 Å². The Morgan fingerprint density at radius 1 is 1.60 bits per heavy atom. The third-order valence-electron chi connectivity index (χ3n) is 1.72. The van der Waals surface area contributed by atoms with Crippen molar-refractivity contribution in [3.05, 3.63) is 21.9 Å². The minimum atomic E-state index is 1.12. The average molecular weight is 218 g/mol. The Bertz CT molecular complexity index is 220. The lowest BCUT2D eigenvalue weighted by Crippen LogP contribution is -1.98. The van der Waals surface area contributed by atoms with Crippen LogP contribution in [0.1, 0.15) is 11.3 Å². The molecule has 0 bridgehead atoms. The fourth-order valence-corrected chi connectivity index (χ4v) is 2.69. The lowest BCUT2D eigenvalue weighted by molar-refractivity contribution is 1.06. The predicted molar refractivity (Wildman–Crippen MR) is 48.4 cm³/mol. The Morgan fingerprint density at radius 3 is 3.30 bits per heavy atom. The minimum absolute atomic E-state index is 1.12. The first-order valence-electron chi connectivity index (χ1n) is 3.30. The van der Waals surface area contributed by atoms with Crippen molar-refractivity contribution >= 4 is 27.7 Å². The normalized spacial score (nSPS) is 16.9. The van der Waals surface area contributed by atoms with E-state index in [2.05, 4.69) is 27.0 Å². The number of hydrogen-bond acceptors (Lipinski definition) is 1. The van der Waals surface area contributed by atoms with Crippen LogP contribution in [0.4, 0.5) is 0 Å². The highest BCUT2D eigenvalue weighted by atomic mass is 79.9. The van der Waals surface area contributed by atoms with Gasteiger partial charge < -0.3 is 4.98 Å². The fraction of sp³-hybridized carbons (Fsp3) is 0.429. The fourth-order valence-electron chi connectivity index (χ4n) is 1.21. The Morgan fingerprint density at radius 2 is 2.50 bits per heavy atom. The van der Waals surface area contributed by atoms with Gasteiger partial charge in [0, 0.05) is 11.4 Å². The molecule has 1 aliphatic heterocycles. The van der Waals surface area contributed by atoms with Gasteiger partial charge in [0.15, 0.2) is 0 Å². The highest BCUT2D eigenvalue weighted by Crippen LogP contribution is 2.26. The summed E-state index contributed by atoms with van der Waals surface area (Å²) in [6.45, 7) is 0. The maximum atomic E-state index is 3.43. The average Bonchev–Trinajstić information content (AvgIpc) is 2.27. The Kier molecular flexibility index (Phi) is 1.78. The summed E-state index contributed by atoms with van der Waals surface area (Å²) >= 11 is 5.43. The molecule has 54 valence electrons. The number of hydrogen-bond donors (Lipinski definition) is 1. The predicted octanol–water partition coefficient (Wildman–Crippen LogP) is 2.57. The maximum absolute atomic E-state index is 3.43. The van der Waals surface area contributed by atoms with Gasteiger partial charge in [0.05, 0.1) is 4.60 Å². The molecule has 1 nitrogen and oxygen atoms in total. The lowest BCUT2D eigenvalue weighted by atomic mass is 10.2. The second-order valence-electron chi connectivity index (χ2n) is 2.42. The molecule has 10 heavy (non-hydrogen) atoms. The molecular weight excluding hydrogens is 210 g/mol. The van der Waals surface area contributed by atoms with Crippen molar-refractivity contribution in [1.82, 2.24) is 4.98 Å². The second-order valence-corrected chi connectivity index (χ2v) is 4.38. The zero-order chi connectivity index (χ0) is 6.97. The number of rotatable bonds is 0. The monoisotopic (exact) mass is 217 g/mol. The second kappa shape index (κ2) is 2.62. The van der Waals surface area contributed by atoms with Crippen LogP contribution in [0.2, 0.25) is 0 Å². The third kappa shape index (κ3) is 1.12. The van der Waals surface area contributed by atoms with Crippen LogP contribution in [0.25, 0.3) is 0 Å². The summed E-state index contributed by atoms with van der Waals surface area (Å²) in [6.07, 6.45) is 1.22.